The minimum Gasteiger partial charge on any atom is -0.480 e. The molecule has 1 unspecified atom stereocenters. The summed E-state index contributed by atoms with van der Waals surface area (Å²) < 4.78 is 0. The lowest BCUT2D eigenvalue weighted by Gasteiger charge is -2.24. The summed E-state index contributed by atoms with van der Waals surface area (Å²) in [5, 5.41) is 14.7. The summed E-state index contributed by atoms with van der Waals surface area (Å²) in [6.45, 7) is 3.74. The largest absolute Gasteiger partial charge is 0.480 e. The molecule has 0 fully saturated rings. The fourth-order valence-electron chi connectivity index (χ4n) is 1.55. The minimum atomic E-state index is -0.979. The lowest BCUT2D eigenvalue weighted by Crippen LogP contribution is -2.49. The second-order valence-corrected chi connectivity index (χ2v) is 4.58. The van der Waals surface area contributed by atoms with Crippen molar-refractivity contribution in [2.45, 2.75) is 32.2 Å². The van der Waals surface area contributed by atoms with Crippen molar-refractivity contribution in [3.05, 3.63) is 30.3 Å². The van der Waals surface area contributed by atoms with E-state index >= 15 is 0 Å². The summed E-state index contributed by atoms with van der Waals surface area (Å²) in [5.41, 5.74) is -0.239. The second kappa shape index (κ2) is 6.89. The predicted molar refractivity (Wildman–Crippen MR) is 74.0 cm³/mol. The van der Waals surface area contributed by atoms with E-state index in [9.17, 15) is 9.59 Å². The summed E-state index contributed by atoms with van der Waals surface area (Å²) in [6, 6.07) is 9.16. The number of hydrogen-bond acceptors (Lipinski definition) is 3. The number of para-hydroxylation sites is 1. The number of benzene rings is 1. The molecule has 1 rings (SSSR count). The van der Waals surface area contributed by atoms with Crippen molar-refractivity contribution in [1.82, 2.24) is 5.32 Å². The van der Waals surface area contributed by atoms with Crippen molar-refractivity contribution in [2.24, 2.45) is 0 Å². The van der Waals surface area contributed by atoms with Crippen molar-refractivity contribution in [3.8, 4) is 0 Å². The summed E-state index contributed by atoms with van der Waals surface area (Å²) >= 11 is 0. The third-order valence-electron chi connectivity index (χ3n) is 3.10. The molecule has 5 nitrogen and oxygen atoms in total. The van der Waals surface area contributed by atoms with Gasteiger partial charge in [-0.3, -0.25) is 9.59 Å². The zero-order valence-electron chi connectivity index (χ0n) is 11.3. The molecule has 0 saturated heterocycles. The van der Waals surface area contributed by atoms with Gasteiger partial charge in [-0.1, -0.05) is 25.1 Å². The number of amides is 1. The average molecular weight is 264 g/mol. The highest BCUT2D eigenvalue weighted by molar-refractivity contribution is 5.90. The number of anilines is 1. The molecule has 1 atom stereocenters. The monoisotopic (exact) mass is 264 g/mol. The Morgan fingerprint density at radius 2 is 1.89 bits per heavy atom. The van der Waals surface area contributed by atoms with Crippen LogP contribution in [0.2, 0.25) is 0 Å². The molecular formula is C14H20N2O3. The number of nitrogens with one attached hydrogen (secondary N) is 2. The summed E-state index contributed by atoms with van der Waals surface area (Å²) in [6.07, 6.45) is 0.695. The molecule has 0 spiro atoms. The van der Waals surface area contributed by atoms with Gasteiger partial charge in [0.15, 0.2) is 0 Å². The normalized spacial score (nSPS) is 13.6. The molecule has 1 amide bonds. The third kappa shape index (κ3) is 4.71. The number of carbonyl (C=O) groups is 2. The Labute approximate surface area is 113 Å². The van der Waals surface area contributed by atoms with E-state index in [0.29, 0.717) is 13.0 Å². The van der Waals surface area contributed by atoms with E-state index in [1.165, 1.54) is 0 Å². The van der Waals surface area contributed by atoms with Crippen molar-refractivity contribution < 1.29 is 14.7 Å². The first kappa shape index (κ1) is 15.2. The van der Waals surface area contributed by atoms with Crippen LogP contribution in [0.3, 0.4) is 0 Å². The number of hydrogen-bond donors (Lipinski definition) is 3. The van der Waals surface area contributed by atoms with Crippen LogP contribution in [0.25, 0.3) is 0 Å². The van der Waals surface area contributed by atoms with Gasteiger partial charge >= 0.3 is 5.97 Å². The minimum absolute atomic E-state index is 0.137. The maximum Gasteiger partial charge on any atom is 0.323 e. The maximum atomic E-state index is 11.7. The molecule has 5 heteroatoms. The standard InChI is InChI=1S/C14H20N2O3/c1-3-14(2,13(18)19)15-10-9-12(17)16-11-7-5-4-6-8-11/h4-8,15H,3,9-10H2,1-2H3,(H,16,17)(H,18,19). The molecule has 0 radical (unpaired) electrons. The zero-order chi connectivity index (χ0) is 14.3. The number of carbonyl (C=O) groups excluding carboxylic acids is 1. The lowest BCUT2D eigenvalue weighted by molar-refractivity contribution is -0.144. The predicted octanol–water partition coefficient (Wildman–Crippen LogP) is 1.86. The molecule has 104 valence electrons. The van der Waals surface area contributed by atoms with Gasteiger partial charge in [-0.05, 0) is 25.5 Å². The van der Waals surface area contributed by atoms with Crippen LogP contribution < -0.4 is 10.6 Å². The highest BCUT2D eigenvalue weighted by Gasteiger charge is 2.29. The Morgan fingerprint density at radius 1 is 1.26 bits per heavy atom. The maximum absolute atomic E-state index is 11.7. The van der Waals surface area contributed by atoms with Gasteiger partial charge in [-0.2, -0.15) is 0 Å². The summed E-state index contributed by atoms with van der Waals surface area (Å²) in [5.74, 6) is -1.04. The van der Waals surface area contributed by atoms with Gasteiger partial charge in [0.25, 0.3) is 0 Å². The van der Waals surface area contributed by atoms with Gasteiger partial charge in [0.1, 0.15) is 5.54 Å². The lowest BCUT2D eigenvalue weighted by atomic mass is 9.99. The van der Waals surface area contributed by atoms with E-state index < -0.39 is 11.5 Å². The Balaban J connectivity index is 2.37. The van der Waals surface area contributed by atoms with Crippen LogP contribution in [0.4, 0.5) is 5.69 Å². The van der Waals surface area contributed by atoms with E-state index in [2.05, 4.69) is 10.6 Å². The number of rotatable bonds is 7. The van der Waals surface area contributed by atoms with Gasteiger partial charge in [0.2, 0.25) is 5.91 Å². The van der Waals surface area contributed by atoms with E-state index in [1.807, 2.05) is 18.2 Å². The first-order valence-corrected chi connectivity index (χ1v) is 6.31. The molecule has 0 heterocycles. The van der Waals surface area contributed by atoms with E-state index in [-0.39, 0.29) is 12.3 Å². The molecule has 3 N–H and O–H groups in total. The Kier molecular flexibility index (Phi) is 5.51. The molecule has 1 aromatic rings. The van der Waals surface area contributed by atoms with Crippen LogP contribution in [0.1, 0.15) is 26.7 Å². The molecule has 1 aromatic carbocycles. The van der Waals surface area contributed by atoms with Gasteiger partial charge < -0.3 is 15.7 Å². The highest BCUT2D eigenvalue weighted by atomic mass is 16.4. The number of aliphatic carboxylic acids is 1. The molecule has 19 heavy (non-hydrogen) atoms. The Hall–Kier alpha value is -1.88. The van der Waals surface area contributed by atoms with Crippen molar-refractivity contribution in [3.63, 3.8) is 0 Å². The van der Waals surface area contributed by atoms with Crippen LogP contribution in [0.15, 0.2) is 30.3 Å². The van der Waals surface area contributed by atoms with Crippen LogP contribution in [0.5, 0.6) is 0 Å². The van der Waals surface area contributed by atoms with Crippen LogP contribution in [-0.2, 0) is 9.59 Å². The first-order chi connectivity index (χ1) is 8.98. The molecule has 0 bridgehead atoms. The number of carboxylic acid groups (broad SMARTS) is 1. The highest BCUT2D eigenvalue weighted by Crippen LogP contribution is 2.09. The van der Waals surface area contributed by atoms with E-state index in [4.69, 9.17) is 5.11 Å². The Morgan fingerprint density at radius 3 is 2.42 bits per heavy atom. The second-order valence-electron chi connectivity index (χ2n) is 4.58. The average Bonchev–Trinajstić information content (AvgIpc) is 2.39. The van der Waals surface area contributed by atoms with Crippen molar-refractivity contribution in [2.75, 3.05) is 11.9 Å². The van der Waals surface area contributed by atoms with Gasteiger partial charge in [0.05, 0.1) is 0 Å². The van der Waals surface area contributed by atoms with Gasteiger partial charge in [-0.15, -0.1) is 0 Å². The molecule has 0 aliphatic heterocycles. The quantitative estimate of drug-likeness (QED) is 0.702. The summed E-state index contributed by atoms with van der Waals surface area (Å²) in [7, 11) is 0. The SMILES string of the molecule is CCC(C)(NCCC(=O)Nc1ccccc1)C(=O)O. The van der Waals surface area contributed by atoms with Crippen molar-refractivity contribution in [1.29, 1.82) is 0 Å². The number of carboxylic acids is 1. The van der Waals surface area contributed by atoms with Crippen LogP contribution in [0, 0.1) is 0 Å². The van der Waals surface area contributed by atoms with E-state index in [1.54, 1.807) is 26.0 Å². The Bertz CT molecular complexity index is 434. The van der Waals surface area contributed by atoms with Gasteiger partial charge in [0, 0.05) is 18.7 Å². The van der Waals surface area contributed by atoms with Crippen LogP contribution >= 0.6 is 0 Å². The molecule has 0 aliphatic carbocycles. The van der Waals surface area contributed by atoms with Gasteiger partial charge in [-0.25, -0.2) is 0 Å². The van der Waals surface area contributed by atoms with Crippen molar-refractivity contribution >= 4 is 17.6 Å². The molecular weight excluding hydrogens is 244 g/mol. The molecule has 0 saturated carbocycles. The summed E-state index contributed by atoms with van der Waals surface area (Å²) in [4.78, 5) is 22.7. The van der Waals surface area contributed by atoms with E-state index in [0.717, 1.165) is 5.69 Å². The zero-order valence-corrected chi connectivity index (χ0v) is 11.3. The topological polar surface area (TPSA) is 78.4 Å². The first-order valence-electron chi connectivity index (χ1n) is 6.31. The fraction of sp³-hybridized carbons (Fsp3) is 0.429. The fourth-order valence-corrected chi connectivity index (χ4v) is 1.55. The molecule has 0 aromatic heterocycles. The smallest absolute Gasteiger partial charge is 0.323 e. The van der Waals surface area contributed by atoms with Crippen LogP contribution in [-0.4, -0.2) is 29.1 Å². The molecule has 0 aliphatic rings. The third-order valence-corrected chi connectivity index (χ3v) is 3.10.